The fraction of sp³-hybridized carbons (Fsp3) is 0.818. The topological polar surface area (TPSA) is 42.3 Å². The molecule has 0 amide bonds. The van der Waals surface area contributed by atoms with Crippen molar-refractivity contribution in [2.75, 3.05) is 12.3 Å². The van der Waals surface area contributed by atoms with Gasteiger partial charge in [-0.05, 0) is 39.2 Å². The molecular formula is C11H20BNO2P+. The zero-order valence-corrected chi connectivity index (χ0v) is 11.4. The fourth-order valence-corrected chi connectivity index (χ4v) is 3.06. The lowest BCUT2D eigenvalue weighted by Gasteiger charge is -2.32. The minimum atomic E-state index is -0.518. The average Bonchev–Trinajstić information content (AvgIpc) is 2.37. The van der Waals surface area contributed by atoms with Crippen molar-refractivity contribution in [2.45, 2.75) is 45.3 Å². The van der Waals surface area contributed by atoms with Crippen molar-refractivity contribution in [1.29, 1.82) is 5.16 Å². The molecule has 2 heterocycles. The zero-order chi connectivity index (χ0) is 12.0. The van der Waals surface area contributed by atoms with Gasteiger partial charge in [0.25, 0.3) is 0 Å². The maximum Gasteiger partial charge on any atom is 0.490 e. The Morgan fingerprint density at radius 2 is 1.81 bits per heavy atom. The first kappa shape index (κ1) is 12.3. The van der Waals surface area contributed by atoms with E-state index in [2.05, 4.69) is 33.8 Å². The molecule has 2 rings (SSSR count). The molecule has 1 fully saturated rings. The summed E-state index contributed by atoms with van der Waals surface area (Å²) in [6.07, 6.45) is 5.01. The lowest BCUT2D eigenvalue weighted by atomic mass is 9.76. The van der Waals surface area contributed by atoms with Crippen LogP contribution >= 0.6 is 7.71 Å². The van der Waals surface area contributed by atoms with E-state index < -0.39 is 7.71 Å². The van der Waals surface area contributed by atoms with Crippen LogP contribution in [-0.4, -0.2) is 30.6 Å². The third-order valence-corrected chi connectivity index (χ3v) is 5.19. The van der Waals surface area contributed by atoms with Crippen LogP contribution in [0.2, 0.25) is 0 Å². The van der Waals surface area contributed by atoms with Gasteiger partial charge in [0, 0.05) is 6.42 Å². The number of nitrogens with one attached hydrogen (secondary N) is 1. The lowest BCUT2D eigenvalue weighted by Crippen LogP contribution is -2.41. The van der Waals surface area contributed by atoms with Gasteiger partial charge in [-0.15, -0.1) is 5.16 Å². The van der Waals surface area contributed by atoms with Crippen LogP contribution in [-0.2, 0) is 9.31 Å². The molecule has 88 valence electrons. The van der Waals surface area contributed by atoms with Crippen LogP contribution in [0, 0.1) is 5.16 Å². The first-order valence-corrected chi connectivity index (χ1v) is 7.54. The largest absolute Gasteiger partial charge is 0.490 e. The van der Waals surface area contributed by atoms with E-state index in [-0.39, 0.29) is 18.3 Å². The monoisotopic (exact) mass is 240 g/mol. The van der Waals surface area contributed by atoms with Crippen molar-refractivity contribution in [2.24, 2.45) is 0 Å². The van der Waals surface area contributed by atoms with Crippen LogP contribution < -0.4 is 0 Å². The van der Waals surface area contributed by atoms with Crippen LogP contribution in [0.5, 0.6) is 0 Å². The van der Waals surface area contributed by atoms with Gasteiger partial charge in [-0.2, -0.15) is 0 Å². The maximum atomic E-state index is 7.73. The van der Waals surface area contributed by atoms with Gasteiger partial charge in [-0.1, -0.05) is 0 Å². The highest BCUT2D eigenvalue weighted by atomic mass is 31.1. The molecule has 0 aromatic heterocycles. The standard InChI is InChI=1S/C11H20BNO2P/c1-10(2)11(3,4)15-12(14-10)9-5-7-16(13)8-6-9/h5,13H,6-8H2,1-4H3/q+1. The Labute approximate surface area is 99.0 Å². The van der Waals surface area contributed by atoms with Crippen LogP contribution in [0.25, 0.3) is 0 Å². The van der Waals surface area contributed by atoms with E-state index in [9.17, 15) is 0 Å². The summed E-state index contributed by atoms with van der Waals surface area (Å²) in [6.45, 7) is 8.31. The van der Waals surface area contributed by atoms with Crippen molar-refractivity contribution in [3.05, 3.63) is 11.5 Å². The van der Waals surface area contributed by atoms with Gasteiger partial charge in [0.05, 0.1) is 11.2 Å². The first-order chi connectivity index (χ1) is 7.32. The molecule has 0 aliphatic carbocycles. The summed E-state index contributed by atoms with van der Waals surface area (Å²) in [5.41, 5.74) is 0.744. The molecule has 2 aliphatic rings. The minimum Gasteiger partial charge on any atom is -0.400 e. The Morgan fingerprint density at radius 1 is 1.25 bits per heavy atom. The van der Waals surface area contributed by atoms with Crippen LogP contribution in [0.15, 0.2) is 11.5 Å². The Balaban J connectivity index is 2.12. The molecule has 1 atom stereocenters. The van der Waals surface area contributed by atoms with Crippen LogP contribution in [0.3, 0.4) is 0 Å². The highest BCUT2D eigenvalue weighted by Crippen LogP contribution is 2.41. The minimum absolute atomic E-state index is 0.186. The highest BCUT2D eigenvalue weighted by Gasteiger charge is 2.52. The summed E-state index contributed by atoms with van der Waals surface area (Å²) in [4.78, 5) is 0. The summed E-state index contributed by atoms with van der Waals surface area (Å²) < 4.78 is 12.0. The van der Waals surface area contributed by atoms with Crippen molar-refractivity contribution in [3.63, 3.8) is 0 Å². The number of hydrogen-bond acceptors (Lipinski definition) is 3. The van der Waals surface area contributed by atoms with Crippen molar-refractivity contribution < 1.29 is 9.31 Å². The quantitative estimate of drug-likeness (QED) is 0.564. The predicted molar refractivity (Wildman–Crippen MR) is 68.2 cm³/mol. The SMILES string of the molecule is CC1(C)OB(C2=CC[P+](=N)CC2)OC1(C)C. The summed E-state index contributed by atoms with van der Waals surface area (Å²) in [7, 11) is -0.704. The molecule has 1 unspecified atom stereocenters. The summed E-state index contributed by atoms with van der Waals surface area (Å²) in [5, 5.41) is 7.73. The Morgan fingerprint density at radius 3 is 2.25 bits per heavy atom. The third-order valence-electron chi connectivity index (χ3n) is 3.80. The van der Waals surface area contributed by atoms with E-state index in [0.717, 1.165) is 18.7 Å². The lowest BCUT2D eigenvalue weighted by molar-refractivity contribution is 0.00578. The number of hydrogen-bond donors (Lipinski definition) is 1. The van der Waals surface area contributed by atoms with Gasteiger partial charge < -0.3 is 9.31 Å². The molecule has 1 N–H and O–H groups in total. The Kier molecular flexibility index (Phi) is 3.02. The first-order valence-electron chi connectivity index (χ1n) is 5.82. The smallest absolute Gasteiger partial charge is 0.400 e. The van der Waals surface area contributed by atoms with Gasteiger partial charge in [0.2, 0.25) is 7.71 Å². The maximum absolute atomic E-state index is 7.73. The summed E-state index contributed by atoms with van der Waals surface area (Å²) in [5.74, 6) is 0. The molecule has 5 heteroatoms. The number of rotatable bonds is 1. The van der Waals surface area contributed by atoms with Gasteiger partial charge in [-0.3, -0.25) is 0 Å². The predicted octanol–water partition coefficient (Wildman–Crippen LogP) is 3.19. The van der Waals surface area contributed by atoms with E-state index in [1.165, 1.54) is 5.47 Å². The molecule has 0 bridgehead atoms. The van der Waals surface area contributed by atoms with E-state index in [1.807, 2.05) is 0 Å². The second-order valence-corrected chi connectivity index (χ2v) is 7.46. The second-order valence-electron chi connectivity index (χ2n) is 5.56. The summed E-state index contributed by atoms with van der Waals surface area (Å²) in [6, 6.07) is 0. The highest BCUT2D eigenvalue weighted by molar-refractivity contribution is 7.46. The molecule has 2 aliphatic heterocycles. The molecule has 0 saturated carbocycles. The van der Waals surface area contributed by atoms with Gasteiger partial charge in [-0.25, -0.2) is 0 Å². The Hall–Kier alpha value is -0.175. The molecule has 16 heavy (non-hydrogen) atoms. The van der Waals surface area contributed by atoms with E-state index >= 15 is 0 Å². The second kappa shape index (κ2) is 3.94. The van der Waals surface area contributed by atoms with E-state index in [4.69, 9.17) is 14.5 Å². The average molecular weight is 240 g/mol. The van der Waals surface area contributed by atoms with Crippen LogP contribution in [0.1, 0.15) is 34.1 Å². The molecular weight excluding hydrogens is 220 g/mol. The van der Waals surface area contributed by atoms with Crippen molar-refractivity contribution in [1.82, 2.24) is 0 Å². The van der Waals surface area contributed by atoms with Crippen molar-refractivity contribution >= 4 is 14.8 Å². The van der Waals surface area contributed by atoms with E-state index in [1.54, 1.807) is 0 Å². The molecule has 0 aromatic rings. The Bertz CT molecular complexity index is 336. The molecule has 3 nitrogen and oxygen atoms in total. The van der Waals surface area contributed by atoms with E-state index in [0.29, 0.717) is 0 Å². The van der Waals surface area contributed by atoms with Crippen molar-refractivity contribution in [3.8, 4) is 0 Å². The fourth-order valence-electron chi connectivity index (χ4n) is 1.89. The van der Waals surface area contributed by atoms with Gasteiger partial charge in [0.1, 0.15) is 12.3 Å². The van der Waals surface area contributed by atoms with Gasteiger partial charge >= 0.3 is 7.12 Å². The molecule has 1 saturated heterocycles. The normalized spacial score (nSPS) is 30.4. The number of allylic oxidation sites excluding steroid dienone is 2. The summed E-state index contributed by atoms with van der Waals surface area (Å²) >= 11 is 0. The molecule has 0 radical (unpaired) electrons. The third kappa shape index (κ3) is 2.11. The van der Waals surface area contributed by atoms with Gasteiger partial charge in [0.15, 0.2) is 0 Å². The molecule has 0 aromatic carbocycles. The molecule has 0 spiro atoms. The zero-order valence-electron chi connectivity index (χ0n) is 10.5. The van der Waals surface area contributed by atoms with Crippen LogP contribution in [0.4, 0.5) is 0 Å².